The maximum atomic E-state index is 13.0. The zero-order chi connectivity index (χ0) is 26.2. The van der Waals surface area contributed by atoms with Gasteiger partial charge in [-0.15, -0.1) is 0 Å². The molecular formula is C28H40N2O6. The van der Waals surface area contributed by atoms with Crippen molar-refractivity contribution < 1.29 is 28.9 Å². The largest absolute Gasteiger partial charge is 0.497 e. The Hall–Kier alpha value is -3.26. The summed E-state index contributed by atoms with van der Waals surface area (Å²) in [6.07, 6.45) is 5.00. The number of rotatable bonds is 17. The summed E-state index contributed by atoms with van der Waals surface area (Å²) in [6, 6.07) is 14.4. The fourth-order valence-corrected chi connectivity index (χ4v) is 3.73. The average Bonchev–Trinajstić information content (AvgIpc) is 2.88. The first-order valence-electron chi connectivity index (χ1n) is 12.7. The van der Waals surface area contributed by atoms with E-state index in [-0.39, 0.29) is 6.03 Å². The number of ether oxygens (including phenoxy) is 3. The van der Waals surface area contributed by atoms with Crippen molar-refractivity contribution in [1.29, 1.82) is 0 Å². The molecule has 1 atom stereocenters. The molecule has 0 spiro atoms. The van der Waals surface area contributed by atoms with E-state index in [1.54, 1.807) is 18.9 Å². The second-order valence-electron chi connectivity index (χ2n) is 8.54. The Morgan fingerprint density at radius 2 is 1.58 bits per heavy atom. The molecule has 0 bridgehead atoms. The molecule has 0 heterocycles. The second-order valence-corrected chi connectivity index (χ2v) is 8.54. The van der Waals surface area contributed by atoms with Crippen molar-refractivity contribution in [2.75, 3.05) is 38.7 Å². The fraction of sp³-hybridized carbons (Fsp3) is 0.500. The number of nitrogens with zero attached hydrogens (tertiary/aromatic N) is 1. The highest BCUT2D eigenvalue weighted by molar-refractivity contribution is 5.89. The fourth-order valence-electron chi connectivity index (χ4n) is 3.73. The van der Waals surface area contributed by atoms with E-state index in [9.17, 15) is 14.7 Å². The van der Waals surface area contributed by atoms with Crippen molar-refractivity contribution in [2.24, 2.45) is 0 Å². The minimum atomic E-state index is -0.972. The number of nitrogens with one attached hydrogen (secondary N) is 1. The van der Waals surface area contributed by atoms with Gasteiger partial charge in [0.1, 0.15) is 18.1 Å². The topological polar surface area (TPSA) is 97.3 Å². The van der Waals surface area contributed by atoms with E-state index in [1.165, 1.54) is 19.3 Å². The van der Waals surface area contributed by atoms with Crippen LogP contribution >= 0.6 is 0 Å². The molecule has 2 rings (SSSR count). The number of carboxylic acid groups (broad SMARTS) is 1. The van der Waals surface area contributed by atoms with E-state index in [0.29, 0.717) is 44.2 Å². The molecule has 198 valence electrons. The highest BCUT2D eigenvalue weighted by Crippen LogP contribution is 2.17. The summed E-state index contributed by atoms with van der Waals surface area (Å²) >= 11 is 0. The van der Waals surface area contributed by atoms with Crippen LogP contribution < -0.4 is 14.8 Å². The smallest absolute Gasteiger partial charge is 0.333 e. The molecular weight excluding hydrogens is 460 g/mol. The molecule has 0 aliphatic heterocycles. The van der Waals surface area contributed by atoms with Crippen LogP contribution in [0.5, 0.6) is 11.5 Å². The number of aliphatic carboxylic acids is 1. The minimum Gasteiger partial charge on any atom is -0.497 e. The summed E-state index contributed by atoms with van der Waals surface area (Å²) in [7, 11) is 1.61. The van der Waals surface area contributed by atoms with E-state index < -0.39 is 12.1 Å². The zero-order valence-corrected chi connectivity index (χ0v) is 21.7. The molecule has 8 nitrogen and oxygen atoms in total. The first-order valence-corrected chi connectivity index (χ1v) is 12.7. The van der Waals surface area contributed by atoms with Gasteiger partial charge in [-0.2, -0.15) is 0 Å². The Labute approximate surface area is 214 Å². The maximum Gasteiger partial charge on any atom is 0.333 e. The SMILES string of the molecule is CCCCCCCN(CCOc1ccc(CC(OCC)C(=O)O)cc1)C(=O)Nc1ccc(OC)cc1. The van der Waals surface area contributed by atoms with Crippen LogP contribution in [-0.4, -0.2) is 61.5 Å². The van der Waals surface area contributed by atoms with Gasteiger partial charge >= 0.3 is 12.0 Å². The predicted octanol–water partition coefficient (Wildman–Crippen LogP) is 5.61. The number of hydrogen-bond acceptors (Lipinski definition) is 5. The third-order valence-corrected chi connectivity index (χ3v) is 5.78. The number of hydrogen-bond donors (Lipinski definition) is 2. The van der Waals surface area contributed by atoms with Crippen molar-refractivity contribution in [2.45, 2.75) is 58.5 Å². The summed E-state index contributed by atoms with van der Waals surface area (Å²) in [5.74, 6) is 0.428. The van der Waals surface area contributed by atoms with Crippen molar-refractivity contribution in [1.82, 2.24) is 4.90 Å². The van der Waals surface area contributed by atoms with Crippen molar-refractivity contribution in [3.63, 3.8) is 0 Å². The first-order chi connectivity index (χ1) is 17.5. The van der Waals surface area contributed by atoms with Gasteiger partial charge in [-0.1, -0.05) is 44.7 Å². The van der Waals surface area contributed by atoms with Crippen molar-refractivity contribution in [3.05, 3.63) is 54.1 Å². The Bertz CT molecular complexity index is 901. The van der Waals surface area contributed by atoms with Crippen LogP contribution in [0.1, 0.15) is 51.5 Å². The number of carbonyl (C=O) groups is 2. The molecule has 0 saturated carbocycles. The van der Waals surface area contributed by atoms with Crippen LogP contribution in [0.25, 0.3) is 0 Å². The number of benzene rings is 2. The highest BCUT2D eigenvalue weighted by Gasteiger charge is 2.18. The van der Waals surface area contributed by atoms with Crippen molar-refractivity contribution >= 4 is 17.7 Å². The van der Waals surface area contributed by atoms with Crippen molar-refractivity contribution in [3.8, 4) is 11.5 Å². The Morgan fingerprint density at radius 3 is 2.19 bits per heavy atom. The number of carboxylic acids is 1. The predicted molar refractivity (Wildman–Crippen MR) is 141 cm³/mol. The summed E-state index contributed by atoms with van der Waals surface area (Å²) in [4.78, 5) is 26.0. The second kappa shape index (κ2) is 16.4. The normalized spacial score (nSPS) is 11.5. The molecule has 0 fully saturated rings. The lowest BCUT2D eigenvalue weighted by Gasteiger charge is -2.23. The summed E-state index contributed by atoms with van der Waals surface area (Å²) in [6.45, 7) is 5.76. The molecule has 0 aliphatic rings. The number of unbranched alkanes of at least 4 members (excludes halogenated alkanes) is 4. The third-order valence-electron chi connectivity index (χ3n) is 5.78. The molecule has 0 radical (unpaired) electrons. The van der Waals surface area contributed by atoms with Gasteiger partial charge in [0.25, 0.3) is 0 Å². The molecule has 8 heteroatoms. The molecule has 2 N–H and O–H groups in total. The monoisotopic (exact) mass is 500 g/mol. The van der Waals surface area contributed by atoms with Gasteiger partial charge in [-0.05, 0) is 55.3 Å². The third kappa shape index (κ3) is 10.6. The van der Waals surface area contributed by atoms with E-state index >= 15 is 0 Å². The Kier molecular flexibility index (Phi) is 13.2. The van der Waals surface area contributed by atoms with Gasteiger partial charge in [0.2, 0.25) is 0 Å². The van der Waals surface area contributed by atoms with Crippen LogP contribution in [0.15, 0.2) is 48.5 Å². The molecule has 36 heavy (non-hydrogen) atoms. The lowest BCUT2D eigenvalue weighted by molar-refractivity contribution is -0.149. The van der Waals surface area contributed by atoms with Crippen LogP contribution in [0, 0.1) is 0 Å². The van der Waals surface area contributed by atoms with Gasteiger partial charge in [-0.25, -0.2) is 9.59 Å². The molecule has 2 amide bonds. The van der Waals surface area contributed by atoms with Crippen LogP contribution in [0.3, 0.4) is 0 Å². The average molecular weight is 501 g/mol. The van der Waals surface area contributed by atoms with Gasteiger partial charge in [-0.3, -0.25) is 0 Å². The lowest BCUT2D eigenvalue weighted by atomic mass is 10.1. The highest BCUT2D eigenvalue weighted by atomic mass is 16.5. The van der Waals surface area contributed by atoms with Crippen LogP contribution in [-0.2, 0) is 16.0 Å². The van der Waals surface area contributed by atoms with Crippen LogP contribution in [0.2, 0.25) is 0 Å². The standard InChI is InChI=1S/C28H40N2O6/c1-4-6-7-8-9-18-30(28(33)29-23-12-16-24(34-3)17-13-23)19-20-36-25-14-10-22(11-15-25)21-26(27(31)32)35-5-2/h10-17,26H,4-9,18-21H2,1-3H3,(H,29,33)(H,31,32). The van der Waals surface area contributed by atoms with E-state index in [2.05, 4.69) is 12.2 Å². The number of carbonyl (C=O) groups excluding carboxylic acids is 1. The minimum absolute atomic E-state index is 0.162. The zero-order valence-electron chi connectivity index (χ0n) is 21.7. The summed E-state index contributed by atoms with van der Waals surface area (Å²) < 4.78 is 16.3. The lowest BCUT2D eigenvalue weighted by Crippen LogP contribution is -2.38. The molecule has 2 aromatic rings. The van der Waals surface area contributed by atoms with E-state index in [0.717, 1.165) is 24.2 Å². The molecule has 0 saturated heterocycles. The molecule has 0 aliphatic carbocycles. The van der Waals surface area contributed by atoms with E-state index in [1.807, 2.05) is 48.5 Å². The number of amides is 2. The molecule has 2 aromatic carbocycles. The van der Waals surface area contributed by atoms with Crippen LogP contribution in [0.4, 0.5) is 10.5 Å². The summed E-state index contributed by atoms with van der Waals surface area (Å²) in [5.41, 5.74) is 1.57. The summed E-state index contributed by atoms with van der Waals surface area (Å²) in [5, 5.41) is 12.2. The quantitative estimate of drug-likeness (QED) is 0.274. The van der Waals surface area contributed by atoms with Gasteiger partial charge in [0.05, 0.1) is 13.7 Å². The van der Waals surface area contributed by atoms with Gasteiger partial charge in [0, 0.05) is 25.3 Å². The molecule has 1 unspecified atom stereocenters. The molecule has 0 aromatic heterocycles. The Balaban J connectivity index is 1.90. The maximum absolute atomic E-state index is 13.0. The van der Waals surface area contributed by atoms with E-state index in [4.69, 9.17) is 14.2 Å². The number of methoxy groups -OCH3 is 1. The number of urea groups is 1. The van der Waals surface area contributed by atoms with Gasteiger partial charge in [0.15, 0.2) is 6.10 Å². The van der Waals surface area contributed by atoms with Gasteiger partial charge < -0.3 is 29.5 Å². The number of anilines is 1. The Morgan fingerprint density at radius 1 is 0.917 bits per heavy atom. The first kappa shape index (κ1) is 29.0.